The topological polar surface area (TPSA) is 29.5 Å². The number of hydrogen-bond acceptors (Lipinski definition) is 3. The number of benzene rings is 1. The molecule has 2 unspecified atom stereocenters. The Morgan fingerprint density at radius 3 is 2.95 bits per heavy atom. The zero-order chi connectivity index (χ0) is 13.8. The molecule has 0 saturated carbocycles. The van der Waals surface area contributed by atoms with Gasteiger partial charge in [0.05, 0.1) is 29.5 Å². The highest BCUT2D eigenvalue weighted by atomic mass is 35.5. The Morgan fingerprint density at radius 2 is 2.21 bits per heavy atom. The number of morpholine rings is 1. The van der Waals surface area contributed by atoms with Crippen molar-refractivity contribution in [3.05, 3.63) is 29.3 Å². The lowest BCUT2D eigenvalue weighted by Gasteiger charge is -2.36. The molecule has 1 amide bonds. The highest BCUT2D eigenvalue weighted by Crippen LogP contribution is 2.27. The Labute approximate surface area is 123 Å². The zero-order valence-electron chi connectivity index (χ0n) is 11.1. The van der Waals surface area contributed by atoms with Gasteiger partial charge in [-0.2, -0.15) is 0 Å². The molecule has 104 valence electrons. The van der Waals surface area contributed by atoms with Crippen LogP contribution in [0.2, 0.25) is 5.02 Å². The molecule has 0 aromatic heterocycles. The Kier molecular flexibility index (Phi) is 5.13. The first-order chi connectivity index (χ1) is 9.08. The van der Waals surface area contributed by atoms with Crippen molar-refractivity contribution in [1.29, 1.82) is 0 Å². The number of hydrogen-bond donors (Lipinski definition) is 0. The molecule has 1 heterocycles. The number of nitrogens with zero attached hydrogens (tertiary/aromatic N) is 1. The third kappa shape index (κ3) is 3.88. The van der Waals surface area contributed by atoms with Crippen LogP contribution in [0.15, 0.2) is 29.2 Å². The number of ether oxygens (including phenoxy) is 1. The van der Waals surface area contributed by atoms with Crippen molar-refractivity contribution < 1.29 is 9.53 Å². The minimum absolute atomic E-state index is 0.116. The lowest BCUT2D eigenvalue weighted by atomic mass is 10.2. The maximum Gasteiger partial charge on any atom is 0.233 e. The number of halogens is 1. The predicted octanol–water partition coefficient (Wildman–Crippen LogP) is 3.07. The fourth-order valence-corrected chi connectivity index (χ4v) is 3.16. The first-order valence-corrected chi connectivity index (χ1v) is 7.72. The van der Waals surface area contributed by atoms with Gasteiger partial charge in [-0.15, -0.1) is 11.8 Å². The third-order valence-corrected chi connectivity index (χ3v) is 4.62. The summed E-state index contributed by atoms with van der Waals surface area (Å²) in [6.45, 7) is 5.30. The lowest BCUT2D eigenvalue weighted by Crippen LogP contribution is -2.50. The average molecular weight is 300 g/mol. The van der Waals surface area contributed by atoms with E-state index in [1.54, 1.807) is 0 Å². The highest BCUT2D eigenvalue weighted by Gasteiger charge is 2.27. The maximum atomic E-state index is 12.2. The van der Waals surface area contributed by atoms with Crippen molar-refractivity contribution in [3.63, 3.8) is 0 Å². The standard InChI is InChI=1S/C14H18ClNO2S/c1-10-8-18-11(2)7-16(10)14(17)9-19-13-6-4-3-5-12(13)15/h3-6,10-11H,7-9H2,1-2H3. The monoisotopic (exact) mass is 299 g/mol. The Balaban J connectivity index is 1.92. The van der Waals surface area contributed by atoms with E-state index in [0.717, 1.165) is 4.90 Å². The van der Waals surface area contributed by atoms with Crippen LogP contribution in [0.1, 0.15) is 13.8 Å². The molecular weight excluding hydrogens is 282 g/mol. The van der Waals surface area contributed by atoms with Gasteiger partial charge in [-0.05, 0) is 26.0 Å². The Hall–Kier alpha value is -0.710. The van der Waals surface area contributed by atoms with Crippen LogP contribution in [0.4, 0.5) is 0 Å². The molecule has 0 bridgehead atoms. The van der Waals surface area contributed by atoms with Gasteiger partial charge in [0.2, 0.25) is 5.91 Å². The second-order valence-electron chi connectivity index (χ2n) is 4.76. The van der Waals surface area contributed by atoms with Gasteiger partial charge >= 0.3 is 0 Å². The molecule has 1 saturated heterocycles. The summed E-state index contributed by atoms with van der Waals surface area (Å²) in [4.78, 5) is 15.1. The molecule has 0 spiro atoms. The summed E-state index contributed by atoms with van der Waals surface area (Å²) in [6.07, 6.45) is 0.116. The summed E-state index contributed by atoms with van der Waals surface area (Å²) in [6, 6.07) is 7.74. The zero-order valence-corrected chi connectivity index (χ0v) is 12.7. The van der Waals surface area contributed by atoms with Crippen molar-refractivity contribution in [1.82, 2.24) is 4.90 Å². The van der Waals surface area contributed by atoms with Gasteiger partial charge in [-0.1, -0.05) is 23.7 Å². The minimum atomic E-state index is 0.116. The highest BCUT2D eigenvalue weighted by molar-refractivity contribution is 8.00. The van der Waals surface area contributed by atoms with Gasteiger partial charge in [0.1, 0.15) is 0 Å². The molecule has 0 aliphatic carbocycles. The van der Waals surface area contributed by atoms with Crippen molar-refractivity contribution in [2.24, 2.45) is 0 Å². The molecule has 0 radical (unpaired) electrons. The van der Waals surface area contributed by atoms with E-state index in [1.165, 1.54) is 11.8 Å². The van der Waals surface area contributed by atoms with Crippen LogP contribution in [0.5, 0.6) is 0 Å². The number of amides is 1. The van der Waals surface area contributed by atoms with Gasteiger partial charge in [0.25, 0.3) is 0 Å². The maximum absolute atomic E-state index is 12.2. The number of thioether (sulfide) groups is 1. The average Bonchev–Trinajstić information content (AvgIpc) is 2.40. The van der Waals surface area contributed by atoms with E-state index < -0.39 is 0 Å². The van der Waals surface area contributed by atoms with Crippen LogP contribution < -0.4 is 0 Å². The van der Waals surface area contributed by atoms with Crippen LogP contribution >= 0.6 is 23.4 Å². The van der Waals surface area contributed by atoms with E-state index in [0.29, 0.717) is 23.9 Å². The molecule has 5 heteroatoms. The molecule has 1 aliphatic heterocycles. The van der Waals surface area contributed by atoms with Crippen molar-refractivity contribution >= 4 is 29.3 Å². The second kappa shape index (κ2) is 6.64. The summed E-state index contributed by atoms with van der Waals surface area (Å²) in [5, 5.41) is 0.698. The quantitative estimate of drug-likeness (QED) is 0.803. The number of rotatable bonds is 3. The van der Waals surface area contributed by atoms with Crippen LogP contribution in [-0.2, 0) is 9.53 Å². The summed E-state index contributed by atoms with van der Waals surface area (Å²) < 4.78 is 5.53. The van der Waals surface area contributed by atoms with Gasteiger partial charge in [0, 0.05) is 11.4 Å². The summed E-state index contributed by atoms with van der Waals surface area (Å²) in [5.74, 6) is 0.563. The lowest BCUT2D eigenvalue weighted by molar-refractivity contribution is -0.140. The molecule has 1 aliphatic rings. The largest absolute Gasteiger partial charge is 0.375 e. The molecule has 1 aromatic rings. The SMILES string of the molecule is CC1CN(C(=O)CSc2ccccc2Cl)C(C)CO1. The molecule has 3 nitrogen and oxygen atoms in total. The third-order valence-electron chi connectivity index (χ3n) is 3.12. The first kappa shape index (κ1) is 14.7. The fourth-order valence-electron chi connectivity index (χ4n) is 2.03. The van der Waals surface area contributed by atoms with Crippen molar-refractivity contribution in [2.75, 3.05) is 18.9 Å². The van der Waals surface area contributed by atoms with E-state index in [1.807, 2.05) is 43.0 Å². The minimum Gasteiger partial charge on any atom is -0.375 e. The van der Waals surface area contributed by atoms with Gasteiger partial charge in [0.15, 0.2) is 0 Å². The smallest absolute Gasteiger partial charge is 0.233 e. The van der Waals surface area contributed by atoms with E-state index in [2.05, 4.69) is 0 Å². The van der Waals surface area contributed by atoms with Crippen LogP contribution in [0, 0.1) is 0 Å². The fraction of sp³-hybridized carbons (Fsp3) is 0.500. The van der Waals surface area contributed by atoms with Crippen molar-refractivity contribution in [2.45, 2.75) is 30.9 Å². The first-order valence-electron chi connectivity index (χ1n) is 6.36. The van der Waals surface area contributed by atoms with Crippen LogP contribution in [0.3, 0.4) is 0 Å². The van der Waals surface area contributed by atoms with E-state index in [4.69, 9.17) is 16.3 Å². The molecule has 2 rings (SSSR count). The molecular formula is C14H18ClNO2S. The van der Waals surface area contributed by atoms with Gasteiger partial charge in [-0.25, -0.2) is 0 Å². The summed E-state index contributed by atoms with van der Waals surface area (Å²) >= 11 is 7.57. The molecule has 2 atom stereocenters. The molecule has 1 aromatic carbocycles. The second-order valence-corrected chi connectivity index (χ2v) is 6.18. The van der Waals surface area contributed by atoms with Crippen LogP contribution in [0.25, 0.3) is 0 Å². The Morgan fingerprint density at radius 1 is 1.47 bits per heavy atom. The number of carbonyl (C=O) groups is 1. The normalized spacial score (nSPS) is 23.4. The summed E-state index contributed by atoms with van der Waals surface area (Å²) in [7, 11) is 0. The predicted molar refractivity (Wildman–Crippen MR) is 78.8 cm³/mol. The molecule has 1 fully saturated rings. The number of carbonyl (C=O) groups excluding carboxylic acids is 1. The van der Waals surface area contributed by atoms with E-state index in [-0.39, 0.29) is 18.1 Å². The van der Waals surface area contributed by atoms with Gasteiger partial charge < -0.3 is 9.64 Å². The summed E-state index contributed by atoms with van der Waals surface area (Å²) in [5.41, 5.74) is 0. The Bertz CT molecular complexity index is 455. The van der Waals surface area contributed by atoms with Crippen LogP contribution in [-0.4, -0.2) is 41.9 Å². The van der Waals surface area contributed by atoms with Crippen molar-refractivity contribution in [3.8, 4) is 0 Å². The van der Waals surface area contributed by atoms with E-state index >= 15 is 0 Å². The van der Waals surface area contributed by atoms with E-state index in [9.17, 15) is 4.79 Å². The molecule has 0 N–H and O–H groups in total. The van der Waals surface area contributed by atoms with Gasteiger partial charge in [-0.3, -0.25) is 4.79 Å². The molecule has 19 heavy (non-hydrogen) atoms.